The third-order valence-corrected chi connectivity index (χ3v) is 2.69. The zero-order valence-electron chi connectivity index (χ0n) is 10.5. The number of ether oxygens (including phenoxy) is 1. The summed E-state index contributed by atoms with van der Waals surface area (Å²) in [6, 6.07) is 7.77. The van der Waals surface area contributed by atoms with E-state index in [1.807, 2.05) is 0 Å². The van der Waals surface area contributed by atoms with Crippen molar-refractivity contribution in [2.24, 2.45) is 0 Å². The van der Waals surface area contributed by atoms with Gasteiger partial charge in [0.15, 0.2) is 6.29 Å². The second kappa shape index (κ2) is 5.48. The van der Waals surface area contributed by atoms with Crippen LogP contribution in [0.2, 0.25) is 0 Å². The average molecular weight is 275 g/mol. The highest BCUT2D eigenvalue weighted by molar-refractivity contribution is 5.79. The molecule has 0 saturated heterocycles. The zero-order valence-corrected chi connectivity index (χ0v) is 10.5. The number of halogens is 1. The van der Waals surface area contributed by atoms with Gasteiger partial charge < -0.3 is 4.74 Å². The molecule has 0 bridgehead atoms. The van der Waals surface area contributed by atoms with Gasteiger partial charge in [-0.15, -0.1) is 0 Å². The summed E-state index contributed by atoms with van der Waals surface area (Å²) in [5.74, 6) is -0.0169. The number of aldehydes is 1. The standard InChI is InChI=1S/C14H10FNO4/c1-9-6-12(3-4-13(9)16(18)19)20-14-5-2-11(15)7-10(14)8-17/h2-8H,1H3. The van der Waals surface area contributed by atoms with Crippen molar-refractivity contribution in [3.05, 3.63) is 63.5 Å². The molecule has 0 aliphatic heterocycles. The number of rotatable bonds is 4. The SMILES string of the molecule is Cc1cc(Oc2ccc(F)cc2C=O)ccc1[N+](=O)[O-]. The minimum absolute atomic E-state index is 0.0212. The average Bonchev–Trinajstić information content (AvgIpc) is 2.40. The summed E-state index contributed by atoms with van der Waals surface area (Å²) in [7, 11) is 0. The van der Waals surface area contributed by atoms with Crippen molar-refractivity contribution in [1.29, 1.82) is 0 Å². The van der Waals surface area contributed by atoms with Crippen LogP contribution in [0.15, 0.2) is 36.4 Å². The van der Waals surface area contributed by atoms with Crippen molar-refractivity contribution >= 4 is 12.0 Å². The maximum absolute atomic E-state index is 13.0. The monoisotopic (exact) mass is 275 g/mol. The lowest BCUT2D eigenvalue weighted by molar-refractivity contribution is -0.385. The molecule has 2 rings (SSSR count). The van der Waals surface area contributed by atoms with Crippen LogP contribution in [-0.4, -0.2) is 11.2 Å². The van der Waals surface area contributed by atoms with Crippen molar-refractivity contribution in [3.8, 4) is 11.5 Å². The van der Waals surface area contributed by atoms with Crippen LogP contribution in [0.4, 0.5) is 10.1 Å². The van der Waals surface area contributed by atoms with E-state index >= 15 is 0 Å². The van der Waals surface area contributed by atoms with E-state index in [2.05, 4.69) is 0 Å². The minimum Gasteiger partial charge on any atom is -0.457 e. The van der Waals surface area contributed by atoms with Gasteiger partial charge >= 0.3 is 0 Å². The number of nitro groups is 1. The van der Waals surface area contributed by atoms with Gasteiger partial charge in [-0.1, -0.05) is 0 Å². The van der Waals surface area contributed by atoms with E-state index in [4.69, 9.17) is 4.74 Å². The molecule has 6 heteroatoms. The molecule has 0 aliphatic carbocycles. The van der Waals surface area contributed by atoms with Gasteiger partial charge in [-0.3, -0.25) is 14.9 Å². The highest BCUT2D eigenvalue weighted by Gasteiger charge is 2.12. The number of carbonyl (C=O) groups excluding carboxylic acids is 1. The van der Waals surface area contributed by atoms with E-state index in [-0.39, 0.29) is 17.0 Å². The van der Waals surface area contributed by atoms with E-state index in [0.717, 1.165) is 6.07 Å². The molecule has 2 aromatic carbocycles. The fraction of sp³-hybridized carbons (Fsp3) is 0.0714. The fourth-order valence-electron chi connectivity index (χ4n) is 1.73. The molecule has 2 aromatic rings. The molecule has 0 radical (unpaired) electrons. The predicted octanol–water partition coefficient (Wildman–Crippen LogP) is 3.65. The summed E-state index contributed by atoms with van der Waals surface area (Å²) in [4.78, 5) is 21.1. The van der Waals surface area contributed by atoms with Crippen LogP contribution in [-0.2, 0) is 0 Å². The highest BCUT2D eigenvalue weighted by Crippen LogP contribution is 2.28. The lowest BCUT2D eigenvalue weighted by Gasteiger charge is -2.08. The molecule has 0 aromatic heterocycles. The van der Waals surface area contributed by atoms with Gasteiger partial charge in [0.25, 0.3) is 5.69 Å². The fourth-order valence-corrected chi connectivity index (χ4v) is 1.73. The summed E-state index contributed by atoms with van der Waals surface area (Å²) in [5.41, 5.74) is 0.482. The highest BCUT2D eigenvalue weighted by atomic mass is 19.1. The number of carbonyl (C=O) groups is 1. The number of nitrogens with zero attached hydrogens (tertiary/aromatic N) is 1. The first kappa shape index (κ1) is 13.7. The van der Waals surface area contributed by atoms with Gasteiger partial charge in [0, 0.05) is 11.6 Å². The van der Waals surface area contributed by atoms with Gasteiger partial charge in [-0.2, -0.15) is 0 Å². The lowest BCUT2D eigenvalue weighted by atomic mass is 10.2. The second-order valence-corrected chi connectivity index (χ2v) is 4.11. The van der Waals surface area contributed by atoms with E-state index in [9.17, 15) is 19.3 Å². The van der Waals surface area contributed by atoms with Crippen molar-refractivity contribution < 1.29 is 18.8 Å². The molecular formula is C14H10FNO4. The number of nitro benzene ring substituents is 1. The van der Waals surface area contributed by atoms with Gasteiger partial charge in [0.2, 0.25) is 0 Å². The van der Waals surface area contributed by atoms with Crippen LogP contribution < -0.4 is 4.74 Å². The van der Waals surface area contributed by atoms with E-state index in [1.54, 1.807) is 6.92 Å². The van der Waals surface area contributed by atoms with Gasteiger partial charge in [0.1, 0.15) is 17.3 Å². The number of aryl methyl sites for hydroxylation is 1. The smallest absolute Gasteiger partial charge is 0.272 e. The Morgan fingerprint density at radius 2 is 2.00 bits per heavy atom. The Hall–Kier alpha value is -2.76. The first-order chi connectivity index (χ1) is 9.51. The molecule has 0 N–H and O–H groups in total. The maximum atomic E-state index is 13.0. The Labute approximate surface area is 113 Å². The van der Waals surface area contributed by atoms with Crippen LogP contribution in [0.1, 0.15) is 15.9 Å². The first-order valence-electron chi connectivity index (χ1n) is 5.69. The molecule has 20 heavy (non-hydrogen) atoms. The molecule has 0 heterocycles. The molecule has 0 atom stereocenters. The predicted molar refractivity (Wildman–Crippen MR) is 69.7 cm³/mol. The maximum Gasteiger partial charge on any atom is 0.272 e. The third-order valence-electron chi connectivity index (χ3n) is 2.69. The summed E-state index contributed by atoms with van der Waals surface area (Å²) in [6.45, 7) is 1.58. The molecule has 0 amide bonds. The Morgan fingerprint density at radius 3 is 2.60 bits per heavy atom. The summed E-state index contributed by atoms with van der Waals surface area (Å²) < 4.78 is 18.4. The summed E-state index contributed by atoms with van der Waals surface area (Å²) in [6.07, 6.45) is 0.483. The quantitative estimate of drug-likeness (QED) is 0.485. The number of benzene rings is 2. The molecule has 0 saturated carbocycles. The summed E-state index contributed by atoms with van der Waals surface area (Å²) >= 11 is 0. The van der Waals surface area contributed by atoms with Crippen molar-refractivity contribution in [2.45, 2.75) is 6.92 Å². The number of hydrogen-bond donors (Lipinski definition) is 0. The zero-order chi connectivity index (χ0) is 14.7. The molecule has 5 nitrogen and oxygen atoms in total. The van der Waals surface area contributed by atoms with Crippen LogP contribution in [0.3, 0.4) is 0 Å². The second-order valence-electron chi connectivity index (χ2n) is 4.11. The molecule has 0 unspecified atom stereocenters. The molecule has 0 spiro atoms. The van der Waals surface area contributed by atoms with Gasteiger partial charge in [-0.05, 0) is 37.3 Å². The molecule has 0 fully saturated rings. The molecule has 0 aliphatic rings. The van der Waals surface area contributed by atoms with Crippen LogP contribution in [0.5, 0.6) is 11.5 Å². The van der Waals surface area contributed by atoms with Crippen LogP contribution >= 0.6 is 0 Å². The Balaban J connectivity index is 2.33. The van der Waals surface area contributed by atoms with E-state index in [0.29, 0.717) is 17.6 Å². The Morgan fingerprint density at radius 1 is 1.25 bits per heavy atom. The van der Waals surface area contributed by atoms with Crippen LogP contribution in [0.25, 0.3) is 0 Å². The number of hydrogen-bond acceptors (Lipinski definition) is 4. The Bertz CT molecular complexity index is 685. The minimum atomic E-state index is -0.542. The van der Waals surface area contributed by atoms with Crippen molar-refractivity contribution in [3.63, 3.8) is 0 Å². The third kappa shape index (κ3) is 2.80. The van der Waals surface area contributed by atoms with Gasteiger partial charge in [0.05, 0.1) is 10.5 Å². The van der Waals surface area contributed by atoms with E-state index in [1.165, 1.54) is 30.3 Å². The normalized spacial score (nSPS) is 10.1. The molecule has 102 valence electrons. The largest absolute Gasteiger partial charge is 0.457 e. The molecular weight excluding hydrogens is 265 g/mol. The lowest BCUT2D eigenvalue weighted by Crippen LogP contribution is -1.94. The summed E-state index contributed by atoms with van der Waals surface area (Å²) in [5, 5.41) is 10.7. The van der Waals surface area contributed by atoms with Crippen LogP contribution in [0, 0.1) is 22.9 Å². The van der Waals surface area contributed by atoms with Gasteiger partial charge in [-0.25, -0.2) is 4.39 Å². The van der Waals surface area contributed by atoms with E-state index < -0.39 is 10.7 Å². The first-order valence-corrected chi connectivity index (χ1v) is 5.69. The van der Waals surface area contributed by atoms with Crippen molar-refractivity contribution in [1.82, 2.24) is 0 Å². The topological polar surface area (TPSA) is 69.4 Å². The van der Waals surface area contributed by atoms with Crippen molar-refractivity contribution in [2.75, 3.05) is 0 Å². The Kier molecular flexibility index (Phi) is 3.74.